The first-order valence-corrected chi connectivity index (χ1v) is 5.25. The third-order valence-corrected chi connectivity index (χ3v) is 2.85. The van der Waals surface area contributed by atoms with Crippen molar-refractivity contribution < 1.29 is 9.90 Å². The van der Waals surface area contributed by atoms with Gasteiger partial charge in [-0.05, 0) is 25.2 Å². The van der Waals surface area contributed by atoms with Crippen LogP contribution in [-0.4, -0.2) is 29.2 Å². The Kier molecular flexibility index (Phi) is 3.89. The van der Waals surface area contributed by atoms with E-state index in [1.54, 1.807) is 0 Å². The van der Waals surface area contributed by atoms with Gasteiger partial charge in [-0.2, -0.15) is 0 Å². The Balaban J connectivity index is 2.50. The highest BCUT2D eigenvalue weighted by Gasteiger charge is 2.30. The minimum absolute atomic E-state index is 0.0369. The molecular weight excluding hydrogens is 180 g/mol. The zero-order valence-electron chi connectivity index (χ0n) is 8.86. The van der Waals surface area contributed by atoms with E-state index in [1.165, 1.54) is 0 Å². The summed E-state index contributed by atoms with van der Waals surface area (Å²) in [6.07, 6.45) is 2.44. The van der Waals surface area contributed by atoms with Gasteiger partial charge in [-0.3, -0.25) is 4.79 Å². The van der Waals surface area contributed by atoms with Gasteiger partial charge < -0.3 is 16.2 Å². The van der Waals surface area contributed by atoms with E-state index in [-0.39, 0.29) is 30.0 Å². The van der Waals surface area contributed by atoms with Gasteiger partial charge in [0, 0.05) is 6.04 Å². The molecule has 1 unspecified atom stereocenters. The van der Waals surface area contributed by atoms with Gasteiger partial charge in [0.1, 0.15) is 0 Å². The maximum absolute atomic E-state index is 11.1. The van der Waals surface area contributed by atoms with Gasteiger partial charge in [-0.1, -0.05) is 13.8 Å². The van der Waals surface area contributed by atoms with E-state index in [2.05, 4.69) is 5.32 Å². The van der Waals surface area contributed by atoms with Crippen molar-refractivity contribution in [1.82, 2.24) is 5.32 Å². The van der Waals surface area contributed by atoms with Crippen molar-refractivity contribution in [2.45, 2.75) is 51.3 Å². The van der Waals surface area contributed by atoms with Crippen LogP contribution in [0.1, 0.15) is 33.1 Å². The van der Waals surface area contributed by atoms with Crippen LogP contribution in [0.25, 0.3) is 0 Å². The van der Waals surface area contributed by atoms with Crippen LogP contribution in [0.4, 0.5) is 0 Å². The maximum atomic E-state index is 11.1. The van der Waals surface area contributed by atoms with Gasteiger partial charge >= 0.3 is 0 Å². The molecule has 0 saturated heterocycles. The highest BCUT2D eigenvalue weighted by Crippen LogP contribution is 2.20. The normalized spacial score (nSPS) is 29.4. The fourth-order valence-corrected chi connectivity index (χ4v) is 1.97. The molecule has 1 fully saturated rings. The third-order valence-electron chi connectivity index (χ3n) is 2.85. The molecule has 0 radical (unpaired) electrons. The summed E-state index contributed by atoms with van der Waals surface area (Å²) in [6, 6.07) is -0.289. The smallest absolute Gasteiger partial charge is 0.234 e. The van der Waals surface area contributed by atoms with Crippen molar-refractivity contribution >= 4 is 5.91 Å². The Morgan fingerprint density at radius 1 is 1.50 bits per heavy atom. The minimum atomic E-state index is -0.334. The number of carbonyl (C=O) groups excluding carboxylic acids is 1. The lowest BCUT2D eigenvalue weighted by molar-refractivity contribution is -0.121. The second-order valence-corrected chi connectivity index (χ2v) is 4.40. The quantitative estimate of drug-likeness (QED) is 0.598. The highest BCUT2D eigenvalue weighted by atomic mass is 16.3. The molecule has 3 atom stereocenters. The van der Waals surface area contributed by atoms with E-state index in [0.29, 0.717) is 0 Å². The van der Waals surface area contributed by atoms with Gasteiger partial charge in [0.15, 0.2) is 0 Å². The molecular formula is C10H20N2O2. The molecule has 1 rings (SSSR count). The molecule has 0 aromatic carbocycles. The van der Waals surface area contributed by atoms with E-state index < -0.39 is 0 Å². The first kappa shape index (κ1) is 11.5. The Labute approximate surface area is 84.9 Å². The number of aliphatic hydroxyl groups is 1. The highest BCUT2D eigenvalue weighted by molar-refractivity contribution is 5.80. The lowest BCUT2D eigenvalue weighted by Gasteiger charge is -2.25. The van der Waals surface area contributed by atoms with Crippen LogP contribution in [-0.2, 0) is 4.79 Å². The summed E-state index contributed by atoms with van der Waals surface area (Å²) in [5.74, 6) is -0.167. The zero-order chi connectivity index (χ0) is 10.7. The topological polar surface area (TPSA) is 75.3 Å². The first-order chi connectivity index (χ1) is 6.52. The molecule has 0 aromatic heterocycles. The number of hydrogen-bond acceptors (Lipinski definition) is 3. The van der Waals surface area contributed by atoms with Crippen molar-refractivity contribution in [1.29, 1.82) is 0 Å². The molecule has 4 heteroatoms. The summed E-state index contributed by atoms with van der Waals surface area (Å²) in [6.45, 7) is 3.90. The average Bonchev–Trinajstić information content (AvgIpc) is 2.46. The predicted molar refractivity (Wildman–Crippen MR) is 54.6 cm³/mol. The fourth-order valence-electron chi connectivity index (χ4n) is 1.97. The number of hydrogen-bond donors (Lipinski definition) is 3. The van der Waals surface area contributed by atoms with Gasteiger partial charge in [0.2, 0.25) is 5.91 Å². The summed E-state index contributed by atoms with van der Waals surface area (Å²) in [5.41, 5.74) is 5.28. The Morgan fingerprint density at radius 2 is 2.14 bits per heavy atom. The van der Waals surface area contributed by atoms with E-state index in [0.717, 1.165) is 19.3 Å². The second-order valence-electron chi connectivity index (χ2n) is 4.40. The molecule has 1 amide bonds. The van der Waals surface area contributed by atoms with Crippen LogP contribution in [0.2, 0.25) is 0 Å². The molecule has 0 aromatic rings. The van der Waals surface area contributed by atoms with Crippen LogP contribution in [0.15, 0.2) is 0 Å². The molecule has 82 valence electrons. The average molecular weight is 200 g/mol. The van der Waals surface area contributed by atoms with Crippen molar-refractivity contribution in [2.75, 3.05) is 0 Å². The van der Waals surface area contributed by atoms with Crippen LogP contribution >= 0.6 is 0 Å². The van der Waals surface area contributed by atoms with Crippen molar-refractivity contribution in [3.05, 3.63) is 0 Å². The van der Waals surface area contributed by atoms with Crippen LogP contribution < -0.4 is 11.1 Å². The van der Waals surface area contributed by atoms with Crippen LogP contribution in [0.3, 0.4) is 0 Å². The Bertz CT molecular complexity index is 206. The standard InChI is InChI=1S/C10H20N2O2/c1-6(2)9(10(11)14)12-7-4-3-5-8(7)13/h6-9,12-13H,3-5H2,1-2H3,(H2,11,14)/t7-,8-,9?/m1/s1. The predicted octanol–water partition coefficient (Wildman–Crippen LogP) is -0.000700. The summed E-state index contributed by atoms with van der Waals surface area (Å²) < 4.78 is 0. The number of amides is 1. The first-order valence-electron chi connectivity index (χ1n) is 5.25. The third kappa shape index (κ3) is 2.69. The number of rotatable bonds is 4. The summed E-state index contributed by atoms with van der Waals surface area (Å²) in [7, 11) is 0. The molecule has 1 saturated carbocycles. The van der Waals surface area contributed by atoms with Crippen LogP contribution in [0.5, 0.6) is 0 Å². The molecule has 1 aliphatic rings. The van der Waals surface area contributed by atoms with Gasteiger partial charge in [0.25, 0.3) is 0 Å². The monoisotopic (exact) mass is 200 g/mol. The molecule has 14 heavy (non-hydrogen) atoms. The summed E-state index contributed by atoms with van der Waals surface area (Å²) >= 11 is 0. The van der Waals surface area contributed by atoms with Crippen molar-refractivity contribution in [3.63, 3.8) is 0 Å². The van der Waals surface area contributed by atoms with Crippen LogP contribution in [0, 0.1) is 5.92 Å². The Hall–Kier alpha value is -0.610. The van der Waals surface area contributed by atoms with Crippen molar-refractivity contribution in [3.8, 4) is 0 Å². The number of carbonyl (C=O) groups is 1. The van der Waals surface area contributed by atoms with E-state index in [4.69, 9.17) is 5.73 Å². The minimum Gasteiger partial charge on any atom is -0.392 e. The van der Waals surface area contributed by atoms with E-state index in [1.807, 2.05) is 13.8 Å². The molecule has 4 nitrogen and oxygen atoms in total. The Morgan fingerprint density at radius 3 is 2.50 bits per heavy atom. The lowest BCUT2D eigenvalue weighted by Crippen LogP contribution is -2.51. The SMILES string of the molecule is CC(C)C(N[C@@H]1CCC[C@H]1O)C(N)=O. The fraction of sp³-hybridized carbons (Fsp3) is 0.900. The largest absolute Gasteiger partial charge is 0.392 e. The summed E-state index contributed by atoms with van der Waals surface area (Å²) in [4.78, 5) is 11.1. The second kappa shape index (κ2) is 4.75. The number of nitrogens with two attached hydrogens (primary N) is 1. The molecule has 0 heterocycles. The number of nitrogens with one attached hydrogen (secondary N) is 1. The number of primary amides is 1. The molecule has 4 N–H and O–H groups in total. The van der Waals surface area contributed by atoms with Gasteiger partial charge in [-0.15, -0.1) is 0 Å². The molecule has 1 aliphatic carbocycles. The van der Waals surface area contributed by atoms with Crippen molar-refractivity contribution in [2.24, 2.45) is 11.7 Å². The van der Waals surface area contributed by atoms with E-state index >= 15 is 0 Å². The van der Waals surface area contributed by atoms with E-state index in [9.17, 15) is 9.90 Å². The molecule has 0 aliphatic heterocycles. The van der Waals surface area contributed by atoms with Gasteiger partial charge in [0.05, 0.1) is 12.1 Å². The molecule has 0 bridgehead atoms. The lowest BCUT2D eigenvalue weighted by atomic mass is 10.0. The van der Waals surface area contributed by atoms with Gasteiger partial charge in [-0.25, -0.2) is 0 Å². The number of aliphatic hydroxyl groups excluding tert-OH is 1. The maximum Gasteiger partial charge on any atom is 0.234 e. The molecule has 0 spiro atoms. The zero-order valence-corrected chi connectivity index (χ0v) is 8.86. The summed E-state index contributed by atoms with van der Waals surface area (Å²) in [5, 5.41) is 12.7.